The maximum atomic E-state index is 12.4. The van der Waals surface area contributed by atoms with Crippen LogP contribution in [0.1, 0.15) is 34.6 Å². The topological polar surface area (TPSA) is 67.2 Å². The lowest BCUT2D eigenvalue weighted by Gasteiger charge is -2.15. The molecule has 3 aromatic rings. The molecular formula is C23H24N4O2. The molecular weight excluding hydrogens is 364 g/mol. The predicted molar refractivity (Wildman–Crippen MR) is 112 cm³/mol. The van der Waals surface area contributed by atoms with Gasteiger partial charge in [0, 0.05) is 56.1 Å². The van der Waals surface area contributed by atoms with Gasteiger partial charge in [0.2, 0.25) is 5.91 Å². The summed E-state index contributed by atoms with van der Waals surface area (Å²) in [6.45, 7) is 2.03. The lowest BCUT2D eigenvalue weighted by molar-refractivity contribution is -0.117. The van der Waals surface area contributed by atoms with E-state index >= 15 is 0 Å². The van der Waals surface area contributed by atoms with Crippen molar-refractivity contribution >= 4 is 17.5 Å². The molecule has 1 saturated heterocycles. The first-order chi connectivity index (χ1) is 14.2. The normalized spacial score (nSPS) is 13.7. The summed E-state index contributed by atoms with van der Waals surface area (Å²) in [4.78, 5) is 30.4. The third-order valence-corrected chi connectivity index (χ3v) is 5.15. The van der Waals surface area contributed by atoms with E-state index < -0.39 is 0 Å². The van der Waals surface area contributed by atoms with Crippen LogP contribution in [0.2, 0.25) is 0 Å². The van der Waals surface area contributed by atoms with Crippen molar-refractivity contribution in [1.82, 2.24) is 14.9 Å². The van der Waals surface area contributed by atoms with Crippen molar-refractivity contribution in [2.45, 2.75) is 25.8 Å². The molecule has 0 radical (unpaired) electrons. The van der Waals surface area contributed by atoms with Crippen LogP contribution in [-0.4, -0.2) is 34.5 Å². The second-order valence-electron chi connectivity index (χ2n) is 7.16. The van der Waals surface area contributed by atoms with Crippen LogP contribution in [0, 0.1) is 0 Å². The molecule has 1 aliphatic heterocycles. The van der Waals surface area contributed by atoms with E-state index in [9.17, 15) is 9.59 Å². The van der Waals surface area contributed by atoms with Crippen LogP contribution in [0.3, 0.4) is 0 Å². The van der Waals surface area contributed by atoms with Crippen LogP contribution >= 0.6 is 0 Å². The first kappa shape index (κ1) is 18.9. The molecule has 2 heterocycles. The summed E-state index contributed by atoms with van der Waals surface area (Å²) in [7, 11) is 0. The summed E-state index contributed by atoms with van der Waals surface area (Å²) in [5, 5.41) is 2.95. The van der Waals surface area contributed by atoms with E-state index in [4.69, 9.17) is 0 Å². The minimum atomic E-state index is -0.120. The van der Waals surface area contributed by atoms with E-state index in [1.165, 1.54) is 5.56 Å². The number of carbonyl (C=O) groups excluding carboxylic acids is 2. The van der Waals surface area contributed by atoms with E-state index in [0.717, 1.165) is 31.0 Å². The van der Waals surface area contributed by atoms with Gasteiger partial charge < -0.3 is 14.8 Å². The van der Waals surface area contributed by atoms with Gasteiger partial charge in [-0.2, -0.15) is 0 Å². The zero-order valence-electron chi connectivity index (χ0n) is 16.3. The zero-order chi connectivity index (χ0) is 20.1. The molecule has 0 bridgehead atoms. The molecule has 29 heavy (non-hydrogen) atoms. The fourth-order valence-electron chi connectivity index (χ4n) is 3.60. The number of carbonyl (C=O) groups is 2. The molecule has 4 rings (SSSR count). The van der Waals surface area contributed by atoms with Gasteiger partial charge in [-0.1, -0.05) is 30.3 Å². The number of rotatable bonds is 7. The molecule has 0 spiro atoms. The highest BCUT2D eigenvalue weighted by atomic mass is 16.2. The predicted octanol–water partition coefficient (Wildman–Crippen LogP) is 3.03. The lowest BCUT2D eigenvalue weighted by atomic mass is 10.2. The SMILES string of the molecule is O=C(NCCc1nccn1Cc1ccccc1)c1ccc(N2CCCC2=O)cc1. The van der Waals surface area contributed by atoms with Crippen LogP contribution in [0.15, 0.2) is 67.0 Å². The summed E-state index contributed by atoms with van der Waals surface area (Å²) >= 11 is 0. The number of nitrogens with zero attached hydrogens (tertiary/aromatic N) is 3. The molecule has 1 aromatic heterocycles. The smallest absolute Gasteiger partial charge is 0.251 e. The molecule has 1 fully saturated rings. The number of imidazole rings is 1. The first-order valence-corrected chi connectivity index (χ1v) is 9.93. The summed E-state index contributed by atoms with van der Waals surface area (Å²) < 4.78 is 2.10. The van der Waals surface area contributed by atoms with Crippen LogP contribution in [0.4, 0.5) is 5.69 Å². The van der Waals surface area contributed by atoms with E-state index in [-0.39, 0.29) is 11.8 Å². The Morgan fingerprint density at radius 2 is 1.86 bits per heavy atom. The molecule has 0 saturated carbocycles. The Kier molecular flexibility index (Phi) is 5.70. The Balaban J connectivity index is 1.30. The van der Waals surface area contributed by atoms with Gasteiger partial charge in [0.15, 0.2) is 0 Å². The highest BCUT2D eigenvalue weighted by molar-refractivity contribution is 5.97. The molecule has 6 nitrogen and oxygen atoms in total. The van der Waals surface area contributed by atoms with Crippen LogP contribution in [0.5, 0.6) is 0 Å². The Morgan fingerprint density at radius 3 is 2.59 bits per heavy atom. The summed E-state index contributed by atoms with van der Waals surface area (Å²) in [6, 6.07) is 17.4. The van der Waals surface area contributed by atoms with Crippen LogP contribution in [-0.2, 0) is 17.8 Å². The van der Waals surface area contributed by atoms with Gasteiger partial charge in [-0.3, -0.25) is 9.59 Å². The second kappa shape index (κ2) is 8.73. The van der Waals surface area contributed by atoms with Gasteiger partial charge in [0.05, 0.1) is 0 Å². The number of aromatic nitrogens is 2. The number of anilines is 1. The molecule has 1 aliphatic rings. The fourth-order valence-corrected chi connectivity index (χ4v) is 3.60. The standard InChI is InChI=1S/C23H24N4O2/c28-22-7-4-15-27(22)20-10-8-19(9-11-20)23(29)25-13-12-21-24-14-16-26(21)17-18-5-2-1-3-6-18/h1-3,5-6,8-11,14,16H,4,7,12-13,15,17H2,(H,25,29). The Labute approximate surface area is 170 Å². The van der Waals surface area contributed by atoms with Crippen molar-refractivity contribution in [3.05, 3.63) is 83.9 Å². The number of hydrogen-bond acceptors (Lipinski definition) is 3. The molecule has 6 heteroatoms. The van der Waals surface area contributed by atoms with E-state index in [1.807, 2.05) is 36.5 Å². The van der Waals surface area contributed by atoms with Crippen LogP contribution in [0.25, 0.3) is 0 Å². The second-order valence-corrected chi connectivity index (χ2v) is 7.16. The lowest BCUT2D eigenvalue weighted by Crippen LogP contribution is -2.27. The van der Waals surface area contributed by atoms with Crippen molar-refractivity contribution in [2.75, 3.05) is 18.0 Å². The molecule has 2 aromatic carbocycles. The number of amides is 2. The maximum Gasteiger partial charge on any atom is 0.251 e. The average Bonchev–Trinajstić information content (AvgIpc) is 3.37. The number of hydrogen-bond donors (Lipinski definition) is 1. The van der Waals surface area contributed by atoms with Gasteiger partial charge >= 0.3 is 0 Å². The first-order valence-electron chi connectivity index (χ1n) is 9.93. The van der Waals surface area contributed by atoms with Crippen LogP contribution < -0.4 is 10.2 Å². The molecule has 148 valence electrons. The fraction of sp³-hybridized carbons (Fsp3) is 0.261. The Hall–Kier alpha value is -3.41. The average molecular weight is 388 g/mol. The number of nitrogens with one attached hydrogen (secondary N) is 1. The van der Waals surface area contributed by atoms with Crippen molar-refractivity contribution < 1.29 is 9.59 Å². The quantitative estimate of drug-likeness (QED) is 0.677. The van der Waals surface area contributed by atoms with E-state index in [0.29, 0.717) is 24.9 Å². The highest BCUT2D eigenvalue weighted by Gasteiger charge is 2.21. The highest BCUT2D eigenvalue weighted by Crippen LogP contribution is 2.21. The maximum absolute atomic E-state index is 12.4. The van der Waals surface area contributed by atoms with Gasteiger partial charge in [-0.15, -0.1) is 0 Å². The molecule has 2 amide bonds. The van der Waals surface area contributed by atoms with Gasteiger partial charge in [0.1, 0.15) is 5.82 Å². The minimum absolute atomic E-state index is 0.120. The Morgan fingerprint density at radius 1 is 1.07 bits per heavy atom. The van der Waals surface area contributed by atoms with E-state index in [2.05, 4.69) is 27.0 Å². The number of benzene rings is 2. The third-order valence-electron chi connectivity index (χ3n) is 5.15. The van der Waals surface area contributed by atoms with E-state index in [1.54, 1.807) is 23.2 Å². The van der Waals surface area contributed by atoms with Gasteiger partial charge in [-0.05, 0) is 36.2 Å². The van der Waals surface area contributed by atoms with Crippen molar-refractivity contribution in [3.63, 3.8) is 0 Å². The molecule has 0 aliphatic carbocycles. The van der Waals surface area contributed by atoms with Crippen molar-refractivity contribution in [2.24, 2.45) is 0 Å². The zero-order valence-corrected chi connectivity index (χ0v) is 16.3. The van der Waals surface area contributed by atoms with Gasteiger partial charge in [0.25, 0.3) is 5.91 Å². The summed E-state index contributed by atoms with van der Waals surface area (Å²) in [5.74, 6) is 0.968. The van der Waals surface area contributed by atoms with Crippen molar-refractivity contribution in [3.8, 4) is 0 Å². The molecule has 0 unspecified atom stereocenters. The third kappa shape index (κ3) is 4.54. The monoisotopic (exact) mass is 388 g/mol. The largest absolute Gasteiger partial charge is 0.352 e. The Bertz CT molecular complexity index is 980. The molecule has 1 N–H and O–H groups in total. The summed E-state index contributed by atoms with van der Waals surface area (Å²) in [5.41, 5.74) is 2.66. The van der Waals surface area contributed by atoms with Gasteiger partial charge in [-0.25, -0.2) is 4.98 Å². The molecule has 0 atom stereocenters. The summed E-state index contributed by atoms with van der Waals surface area (Å²) in [6.07, 6.45) is 5.90. The minimum Gasteiger partial charge on any atom is -0.352 e. The van der Waals surface area contributed by atoms with Crippen molar-refractivity contribution in [1.29, 1.82) is 0 Å².